The number of nitrogens with one attached hydrogen (secondary N) is 1. The van der Waals surface area contributed by atoms with Crippen molar-refractivity contribution in [2.45, 2.75) is 25.3 Å². The number of anilines is 1. The standard InChI is InChI=1S/C25H30N8O4/c1-25(30-24(34)35)2-4-32(5-3-25)22-16-27-21(15-28-22)20-12-19(17-33-23(20)18(13-26)14-29-33)37-11-8-31-6-9-36-10-7-31/h12,14-17,30H,2-11H2,1H3,(H,34,35). The quantitative estimate of drug-likeness (QED) is 0.489. The van der Waals surface area contributed by atoms with Crippen LogP contribution in [0.25, 0.3) is 16.8 Å². The minimum absolute atomic E-state index is 0.445. The average Bonchev–Trinajstić information content (AvgIpc) is 3.32. The molecule has 0 unspecified atom stereocenters. The molecule has 12 heteroatoms. The zero-order valence-electron chi connectivity index (χ0n) is 20.8. The molecule has 2 aliphatic rings. The van der Waals surface area contributed by atoms with Gasteiger partial charge in [0.2, 0.25) is 0 Å². The number of aromatic nitrogens is 4. The van der Waals surface area contributed by atoms with E-state index in [1.54, 1.807) is 23.1 Å². The summed E-state index contributed by atoms with van der Waals surface area (Å²) in [4.78, 5) is 24.8. The van der Waals surface area contributed by atoms with Crippen molar-refractivity contribution in [1.29, 1.82) is 5.26 Å². The molecule has 0 spiro atoms. The lowest BCUT2D eigenvalue weighted by Crippen LogP contribution is -2.53. The van der Waals surface area contributed by atoms with E-state index in [2.05, 4.69) is 36.3 Å². The van der Waals surface area contributed by atoms with E-state index in [0.717, 1.165) is 38.7 Å². The number of nitrogens with zero attached hydrogens (tertiary/aromatic N) is 7. The minimum Gasteiger partial charge on any atom is -0.491 e. The van der Waals surface area contributed by atoms with Crippen molar-refractivity contribution < 1.29 is 19.4 Å². The largest absolute Gasteiger partial charge is 0.491 e. The molecule has 12 nitrogen and oxygen atoms in total. The van der Waals surface area contributed by atoms with Crippen LogP contribution >= 0.6 is 0 Å². The molecule has 0 atom stereocenters. The van der Waals surface area contributed by atoms with Gasteiger partial charge in [0.25, 0.3) is 0 Å². The van der Waals surface area contributed by atoms with Crippen molar-refractivity contribution in [2.24, 2.45) is 0 Å². The van der Waals surface area contributed by atoms with Crippen LogP contribution in [0.15, 0.2) is 30.9 Å². The van der Waals surface area contributed by atoms with Crippen LogP contribution in [-0.2, 0) is 4.74 Å². The molecule has 2 aliphatic heterocycles. The Bertz CT molecular complexity index is 1290. The average molecular weight is 507 g/mol. The summed E-state index contributed by atoms with van der Waals surface area (Å²) in [6.45, 7) is 7.85. The molecule has 2 saturated heterocycles. The third-order valence-electron chi connectivity index (χ3n) is 7.00. The molecule has 2 N–H and O–H groups in total. The molecule has 3 aromatic heterocycles. The number of fused-ring (bicyclic) bond motifs is 1. The summed E-state index contributed by atoms with van der Waals surface area (Å²) in [5.74, 6) is 1.36. The van der Waals surface area contributed by atoms with Gasteiger partial charge < -0.3 is 24.8 Å². The van der Waals surface area contributed by atoms with Crippen LogP contribution in [0.4, 0.5) is 10.6 Å². The Morgan fingerprint density at radius 2 is 2.00 bits per heavy atom. The van der Waals surface area contributed by atoms with Crippen LogP contribution < -0.4 is 15.0 Å². The Morgan fingerprint density at radius 1 is 1.22 bits per heavy atom. The van der Waals surface area contributed by atoms with Crippen LogP contribution in [-0.4, -0.2) is 93.8 Å². The van der Waals surface area contributed by atoms with Crippen molar-refractivity contribution >= 4 is 17.4 Å². The Balaban J connectivity index is 1.33. The van der Waals surface area contributed by atoms with E-state index < -0.39 is 11.6 Å². The molecular formula is C25H30N8O4. The highest BCUT2D eigenvalue weighted by atomic mass is 16.5. The topological polar surface area (TPSA) is 141 Å². The highest BCUT2D eigenvalue weighted by Crippen LogP contribution is 2.31. The number of amides is 1. The fraction of sp³-hybridized carbons (Fsp3) is 0.480. The summed E-state index contributed by atoms with van der Waals surface area (Å²) in [5, 5.41) is 25.7. The second kappa shape index (κ2) is 10.6. The van der Waals surface area contributed by atoms with Gasteiger partial charge in [0.1, 0.15) is 24.2 Å². The summed E-state index contributed by atoms with van der Waals surface area (Å²) < 4.78 is 13.1. The van der Waals surface area contributed by atoms with E-state index in [0.29, 0.717) is 60.6 Å². The van der Waals surface area contributed by atoms with Crippen LogP contribution in [0.3, 0.4) is 0 Å². The fourth-order valence-electron chi connectivity index (χ4n) is 4.81. The lowest BCUT2D eigenvalue weighted by Gasteiger charge is -2.39. The number of piperidine rings is 1. The van der Waals surface area contributed by atoms with Crippen molar-refractivity contribution in [3.05, 3.63) is 36.4 Å². The van der Waals surface area contributed by atoms with Gasteiger partial charge in [-0.1, -0.05) is 0 Å². The predicted molar refractivity (Wildman–Crippen MR) is 135 cm³/mol. The van der Waals surface area contributed by atoms with Gasteiger partial charge in [-0.15, -0.1) is 0 Å². The number of rotatable bonds is 7. The Labute approximate surface area is 214 Å². The molecule has 3 aromatic rings. The van der Waals surface area contributed by atoms with E-state index in [9.17, 15) is 10.1 Å². The molecule has 5 rings (SSSR count). The van der Waals surface area contributed by atoms with Crippen molar-refractivity contribution in [1.82, 2.24) is 29.8 Å². The molecule has 37 heavy (non-hydrogen) atoms. The van der Waals surface area contributed by atoms with Gasteiger partial charge in [-0.2, -0.15) is 10.4 Å². The van der Waals surface area contributed by atoms with Crippen LogP contribution in [0.5, 0.6) is 5.75 Å². The van der Waals surface area contributed by atoms with Gasteiger partial charge in [0, 0.05) is 43.8 Å². The zero-order chi connectivity index (χ0) is 25.8. The second-order valence-corrected chi connectivity index (χ2v) is 9.59. The highest BCUT2D eigenvalue weighted by Gasteiger charge is 2.32. The summed E-state index contributed by atoms with van der Waals surface area (Å²) in [5.41, 5.74) is 1.98. The first kappa shape index (κ1) is 24.7. The maximum atomic E-state index is 11.1. The van der Waals surface area contributed by atoms with Crippen LogP contribution in [0.2, 0.25) is 0 Å². The third-order valence-corrected chi connectivity index (χ3v) is 7.00. The van der Waals surface area contributed by atoms with Gasteiger partial charge in [-0.3, -0.25) is 9.88 Å². The van der Waals surface area contributed by atoms with Gasteiger partial charge in [-0.05, 0) is 25.8 Å². The molecule has 0 aromatic carbocycles. The predicted octanol–water partition coefficient (Wildman–Crippen LogP) is 2.00. The highest BCUT2D eigenvalue weighted by molar-refractivity contribution is 5.83. The second-order valence-electron chi connectivity index (χ2n) is 9.59. The number of nitriles is 1. The Morgan fingerprint density at radius 3 is 2.68 bits per heavy atom. The van der Waals surface area contributed by atoms with Gasteiger partial charge in [-0.25, -0.2) is 14.3 Å². The Kier molecular flexibility index (Phi) is 7.07. The fourth-order valence-corrected chi connectivity index (χ4v) is 4.81. The molecule has 2 fully saturated rings. The number of morpholine rings is 1. The summed E-state index contributed by atoms with van der Waals surface area (Å²) in [6.07, 6.45) is 7.07. The van der Waals surface area contributed by atoms with E-state index in [1.165, 1.54) is 6.20 Å². The first-order valence-electron chi connectivity index (χ1n) is 12.4. The zero-order valence-corrected chi connectivity index (χ0v) is 20.8. The SMILES string of the molecule is CC1(NC(=O)O)CCN(c2cnc(-c3cc(OCCN4CCOCC4)cn4ncc(C#N)c34)cn2)CC1. The summed E-state index contributed by atoms with van der Waals surface area (Å²) in [7, 11) is 0. The maximum Gasteiger partial charge on any atom is 0.405 e. The third kappa shape index (κ3) is 5.58. The normalized spacial score (nSPS) is 17.9. The number of carboxylic acid groups (broad SMARTS) is 1. The molecule has 0 aliphatic carbocycles. The molecule has 194 valence electrons. The van der Waals surface area contributed by atoms with Gasteiger partial charge >= 0.3 is 6.09 Å². The van der Waals surface area contributed by atoms with Gasteiger partial charge in [0.15, 0.2) is 0 Å². The number of ether oxygens (including phenoxy) is 2. The van der Waals surface area contributed by atoms with Crippen molar-refractivity contribution in [3.8, 4) is 23.1 Å². The smallest absolute Gasteiger partial charge is 0.405 e. The summed E-state index contributed by atoms with van der Waals surface area (Å²) in [6, 6.07) is 4.08. The molecule has 5 heterocycles. The maximum absolute atomic E-state index is 11.1. The number of pyridine rings is 1. The molecule has 1 amide bonds. The molecule has 0 bridgehead atoms. The monoisotopic (exact) mass is 506 g/mol. The lowest BCUT2D eigenvalue weighted by atomic mass is 9.90. The number of hydrogen-bond acceptors (Lipinski definition) is 9. The minimum atomic E-state index is -1.00. The molecule has 0 radical (unpaired) electrons. The summed E-state index contributed by atoms with van der Waals surface area (Å²) >= 11 is 0. The number of hydrogen-bond donors (Lipinski definition) is 2. The van der Waals surface area contributed by atoms with Crippen LogP contribution in [0, 0.1) is 11.3 Å². The van der Waals surface area contributed by atoms with Crippen molar-refractivity contribution in [2.75, 3.05) is 57.4 Å². The van der Waals surface area contributed by atoms with E-state index >= 15 is 0 Å². The van der Waals surface area contributed by atoms with E-state index in [1.807, 2.05) is 13.0 Å². The van der Waals surface area contributed by atoms with E-state index in [4.69, 9.17) is 14.6 Å². The van der Waals surface area contributed by atoms with Crippen molar-refractivity contribution in [3.63, 3.8) is 0 Å². The lowest BCUT2D eigenvalue weighted by molar-refractivity contribution is 0.0322. The van der Waals surface area contributed by atoms with Crippen LogP contribution in [0.1, 0.15) is 25.3 Å². The van der Waals surface area contributed by atoms with E-state index in [-0.39, 0.29) is 0 Å². The molecule has 0 saturated carbocycles. The first-order chi connectivity index (χ1) is 17.9. The van der Waals surface area contributed by atoms with Gasteiger partial charge in [0.05, 0.1) is 54.8 Å². The molecular weight excluding hydrogens is 476 g/mol. The first-order valence-corrected chi connectivity index (χ1v) is 12.4. The Hall–Kier alpha value is -3.95. The number of carbonyl (C=O) groups is 1.